The molecule has 0 radical (unpaired) electrons. The molecule has 0 fully saturated rings. The van der Waals surface area contributed by atoms with E-state index in [1.807, 2.05) is 0 Å². The molecule has 1 aliphatic heterocycles. The number of allylic oxidation sites excluding steroid dienone is 1. The lowest BCUT2D eigenvalue weighted by Gasteiger charge is -2.10. The molecule has 1 nitrogen and oxygen atoms in total. The van der Waals surface area contributed by atoms with E-state index in [9.17, 15) is 0 Å². The third-order valence-electron chi connectivity index (χ3n) is 3.35. The van der Waals surface area contributed by atoms with E-state index in [0.717, 1.165) is 6.54 Å². The first-order chi connectivity index (χ1) is 8.04. The van der Waals surface area contributed by atoms with Gasteiger partial charge in [-0.15, -0.1) is 0 Å². The van der Waals surface area contributed by atoms with Crippen molar-refractivity contribution >= 4 is 24.5 Å². The highest BCUT2D eigenvalue weighted by atomic mass is 28.3. The molecular formula is C15H19NSi. The highest BCUT2D eigenvalue weighted by molar-refractivity contribution is 6.81. The lowest BCUT2D eigenvalue weighted by Crippen LogP contribution is -2.16. The SMILES string of the molecule is C[Si](C)(C)/C=C1\CCn2c1cc1ccccc12. The van der Waals surface area contributed by atoms with Crippen LogP contribution in [0.5, 0.6) is 0 Å². The van der Waals surface area contributed by atoms with Crippen LogP contribution in [0.25, 0.3) is 16.5 Å². The van der Waals surface area contributed by atoms with Crippen molar-refractivity contribution in [2.24, 2.45) is 0 Å². The summed E-state index contributed by atoms with van der Waals surface area (Å²) < 4.78 is 2.47. The number of nitrogens with zero attached hydrogens (tertiary/aromatic N) is 1. The molecule has 0 saturated heterocycles. The van der Waals surface area contributed by atoms with Gasteiger partial charge < -0.3 is 4.57 Å². The van der Waals surface area contributed by atoms with Gasteiger partial charge in [0.1, 0.15) is 0 Å². The summed E-state index contributed by atoms with van der Waals surface area (Å²) in [5.74, 6) is 0. The summed E-state index contributed by atoms with van der Waals surface area (Å²) in [6.07, 6.45) is 1.21. The molecule has 1 aromatic heterocycles. The second-order valence-corrected chi connectivity index (χ2v) is 11.0. The largest absolute Gasteiger partial charge is 0.340 e. The van der Waals surface area contributed by atoms with Crippen molar-refractivity contribution in [3.63, 3.8) is 0 Å². The van der Waals surface area contributed by atoms with Gasteiger partial charge in [0.15, 0.2) is 0 Å². The minimum absolute atomic E-state index is 1.12. The normalized spacial score (nSPS) is 17.9. The molecule has 0 aliphatic carbocycles. The summed E-state index contributed by atoms with van der Waals surface area (Å²) in [6, 6.07) is 11.1. The summed E-state index contributed by atoms with van der Waals surface area (Å²) in [7, 11) is -1.12. The van der Waals surface area contributed by atoms with Gasteiger partial charge in [0.2, 0.25) is 0 Å². The molecule has 0 amide bonds. The van der Waals surface area contributed by atoms with Gasteiger partial charge in [0.25, 0.3) is 0 Å². The van der Waals surface area contributed by atoms with Gasteiger partial charge in [-0.25, -0.2) is 0 Å². The summed E-state index contributed by atoms with van der Waals surface area (Å²) in [6.45, 7) is 8.38. The van der Waals surface area contributed by atoms with E-state index >= 15 is 0 Å². The molecule has 0 saturated carbocycles. The number of aromatic nitrogens is 1. The van der Waals surface area contributed by atoms with Crippen LogP contribution in [0, 0.1) is 0 Å². The zero-order valence-electron chi connectivity index (χ0n) is 10.8. The Kier molecular flexibility index (Phi) is 2.30. The van der Waals surface area contributed by atoms with Gasteiger partial charge in [-0.1, -0.05) is 43.5 Å². The maximum atomic E-state index is 2.56. The van der Waals surface area contributed by atoms with Crippen molar-refractivity contribution in [2.75, 3.05) is 0 Å². The lowest BCUT2D eigenvalue weighted by molar-refractivity contribution is 0.797. The van der Waals surface area contributed by atoms with Crippen molar-refractivity contribution in [1.82, 2.24) is 4.57 Å². The van der Waals surface area contributed by atoms with Gasteiger partial charge in [-0.3, -0.25) is 0 Å². The molecule has 2 heterocycles. The van der Waals surface area contributed by atoms with E-state index in [4.69, 9.17) is 0 Å². The third-order valence-corrected chi connectivity index (χ3v) is 4.57. The Labute approximate surface area is 104 Å². The molecule has 1 aromatic carbocycles. The molecule has 0 atom stereocenters. The number of para-hydroxylation sites is 1. The fraction of sp³-hybridized carbons (Fsp3) is 0.333. The second-order valence-electron chi connectivity index (χ2n) is 6.03. The second kappa shape index (κ2) is 3.60. The third kappa shape index (κ3) is 1.87. The predicted octanol–water partition coefficient (Wildman–Crippen LogP) is 4.31. The van der Waals surface area contributed by atoms with Crippen LogP contribution in [0.15, 0.2) is 36.0 Å². The maximum Gasteiger partial charge on any atom is 0.0691 e. The number of rotatable bonds is 1. The van der Waals surface area contributed by atoms with Crippen LogP contribution in [-0.2, 0) is 6.54 Å². The van der Waals surface area contributed by atoms with E-state index in [1.165, 1.54) is 23.0 Å². The molecule has 88 valence electrons. The van der Waals surface area contributed by atoms with Crippen molar-refractivity contribution < 1.29 is 0 Å². The summed E-state index contributed by atoms with van der Waals surface area (Å²) in [5, 5.41) is 1.38. The van der Waals surface area contributed by atoms with Gasteiger partial charge in [0, 0.05) is 23.1 Å². The number of hydrogen-bond acceptors (Lipinski definition) is 0. The standard InChI is InChI=1S/C15H19NSi/c1-17(2,3)11-13-8-9-16-14-7-5-4-6-12(14)10-15(13)16/h4-7,10-11H,8-9H2,1-3H3/b13-11+. The Hall–Kier alpha value is -1.28. The Bertz CT molecular complexity index is 599. The molecule has 3 rings (SSSR count). The molecule has 0 bridgehead atoms. The van der Waals surface area contributed by atoms with E-state index in [1.54, 1.807) is 5.57 Å². The van der Waals surface area contributed by atoms with Gasteiger partial charge in [-0.05, 0) is 24.1 Å². The van der Waals surface area contributed by atoms with E-state index in [0.29, 0.717) is 0 Å². The minimum atomic E-state index is -1.12. The molecule has 0 spiro atoms. The lowest BCUT2D eigenvalue weighted by atomic mass is 10.2. The summed E-state index contributed by atoms with van der Waals surface area (Å²) in [5.41, 5.74) is 6.97. The first-order valence-electron chi connectivity index (χ1n) is 6.35. The van der Waals surface area contributed by atoms with Crippen LogP contribution in [0.3, 0.4) is 0 Å². The monoisotopic (exact) mass is 241 g/mol. The molecule has 2 heteroatoms. The number of fused-ring (bicyclic) bond motifs is 3. The van der Waals surface area contributed by atoms with Crippen LogP contribution in [0.2, 0.25) is 19.6 Å². The first-order valence-corrected chi connectivity index (χ1v) is 9.93. The molecule has 1 aliphatic rings. The van der Waals surface area contributed by atoms with Crippen molar-refractivity contribution in [1.29, 1.82) is 0 Å². The predicted molar refractivity (Wildman–Crippen MR) is 77.9 cm³/mol. The average molecular weight is 241 g/mol. The zero-order valence-corrected chi connectivity index (χ0v) is 11.8. The Balaban J connectivity index is 2.17. The smallest absolute Gasteiger partial charge is 0.0691 e. The fourth-order valence-corrected chi connectivity index (χ4v) is 4.08. The van der Waals surface area contributed by atoms with E-state index in [2.05, 4.69) is 60.2 Å². The van der Waals surface area contributed by atoms with Crippen LogP contribution < -0.4 is 0 Å². The van der Waals surface area contributed by atoms with Crippen LogP contribution >= 0.6 is 0 Å². The molecule has 2 aromatic rings. The van der Waals surface area contributed by atoms with E-state index in [-0.39, 0.29) is 0 Å². The minimum Gasteiger partial charge on any atom is -0.340 e. The van der Waals surface area contributed by atoms with Crippen molar-refractivity contribution in [2.45, 2.75) is 32.6 Å². The Morgan fingerprint density at radius 1 is 1.18 bits per heavy atom. The number of hydrogen-bond donors (Lipinski definition) is 0. The average Bonchev–Trinajstić information content (AvgIpc) is 2.77. The Morgan fingerprint density at radius 2 is 1.94 bits per heavy atom. The number of benzene rings is 1. The highest BCUT2D eigenvalue weighted by Gasteiger charge is 2.21. The van der Waals surface area contributed by atoms with E-state index < -0.39 is 8.07 Å². The van der Waals surface area contributed by atoms with Gasteiger partial charge in [0.05, 0.1) is 8.07 Å². The number of aryl methyl sites for hydroxylation is 1. The molecular weight excluding hydrogens is 222 g/mol. The fourth-order valence-electron chi connectivity index (χ4n) is 2.75. The summed E-state index contributed by atoms with van der Waals surface area (Å²) in [4.78, 5) is 0. The topological polar surface area (TPSA) is 4.93 Å². The van der Waals surface area contributed by atoms with Crippen molar-refractivity contribution in [3.8, 4) is 0 Å². The van der Waals surface area contributed by atoms with Gasteiger partial charge in [-0.2, -0.15) is 0 Å². The van der Waals surface area contributed by atoms with Crippen LogP contribution in [0.4, 0.5) is 0 Å². The van der Waals surface area contributed by atoms with Crippen LogP contribution in [-0.4, -0.2) is 12.6 Å². The Morgan fingerprint density at radius 3 is 2.71 bits per heavy atom. The van der Waals surface area contributed by atoms with Gasteiger partial charge >= 0.3 is 0 Å². The molecule has 0 unspecified atom stereocenters. The maximum absolute atomic E-state index is 2.56. The first kappa shape index (κ1) is 10.8. The summed E-state index contributed by atoms with van der Waals surface area (Å²) >= 11 is 0. The van der Waals surface area contributed by atoms with Crippen molar-refractivity contribution in [3.05, 3.63) is 41.7 Å². The quantitative estimate of drug-likeness (QED) is 0.656. The zero-order chi connectivity index (χ0) is 12.0. The highest BCUT2D eigenvalue weighted by Crippen LogP contribution is 2.34. The molecule has 0 N–H and O–H groups in total. The van der Waals surface area contributed by atoms with Crippen LogP contribution in [0.1, 0.15) is 12.1 Å². The molecule has 17 heavy (non-hydrogen) atoms.